The molecule has 0 aromatic carbocycles. The lowest BCUT2D eigenvalue weighted by Crippen LogP contribution is -2.56. The minimum absolute atomic E-state index is 0.193. The van der Waals surface area contributed by atoms with Crippen molar-refractivity contribution in [3.8, 4) is 0 Å². The Bertz CT molecular complexity index is 457. The summed E-state index contributed by atoms with van der Waals surface area (Å²) >= 11 is 0. The molecule has 0 spiro atoms. The molecule has 1 aromatic heterocycles. The highest BCUT2D eigenvalue weighted by atomic mass is 16.3. The first-order valence-electron chi connectivity index (χ1n) is 6.00. The van der Waals surface area contributed by atoms with Crippen LogP contribution in [-0.4, -0.2) is 39.7 Å². The molecule has 0 unspecified atom stereocenters. The normalized spacial score (nSPS) is 24.1. The minimum Gasteiger partial charge on any atom is -0.378 e. The summed E-state index contributed by atoms with van der Waals surface area (Å²) in [5, 5.41) is 10.2. The van der Waals surface area contributed by atoms with Crippen LogP contribution in [0.3, 0.4) is 0 Å². The van der Waals surface area contributed by atoms with Gasteiger partial charge in [-0.2, -0.15) is 0 Å². The molecule has 1 aliphatic rings. The second-order valence-electron chi connectivity index (χ2n) is 4.84. The van der Waals surface area contributed by atoms with Crippen LogP contribution in [0.2, 0.25) is 0 Å². The van der Waals surface area contributed by atoms with Crippen LogP contribution in [0.1, 0.15) is 24.4 Å². The molecular formula is C12H18N4O2. The van der Waals surface area contributed by atoms with Gasteiger partial charge in [-0.05, 0) is 26.7 Å². The number of rotatable bonds is 2. The Morgan fingerprint density at radius 3 is 2.83 bits per heavy atom. The summed E-state index contributed by atoms with van der Waals surface area (Å²) in [6.07, 6.45) is 1.11. The molecular weight excluding hydrogens is 232 g/mol. The molecule has 1 aromatic rings. The lowest BCUT2D eigenvalue weighted by Gasteiger charge is -2.37. The number of anilines is 1. The van der Waals surface area contributed by atoms with Gasteiger partial charge >= 0.3 is 0 Å². The standard InChI is InChI=1S/C12H18N4O2/c1-8-6-10(15-9(2)14-8)16-5-3-4-12(18,7-16)11(13)17/h6,18H,3-5,7H2,1-2H3,(H2,13,17)/t12-/m0/s1. The van der Waals surface area contributed by atoms with E-state index in [1.807, 2.05) is 24.8 Å². The maximum Gasteiger partial charge on any atom is 0.251 e. The zero-order valence-electron chi connectivity index (χ0n) is 10.7. The lowest BCUT2D eigenvalue weighted by atomic mass is 9.92. The zero-order chi connectivity index (χ0) is 13.3. The Morgan fingerprint density at radius 1 is 1.50 bits per heavy atom. The van der Waals surface area contributed by atoms with Crippen LogP contribution in [0.5, 0.6) is 0 Å². The fourth-order valence-electron chi connectivity index (χ4n) is 2.29. The summed E-state index contributed by atoms with van der Waals surface area (Å²) in [5.41, 5.74) is 4.67. The highest BCUT2D eigenvalue weighted by molar-refractivity contribution is 5.84. The summed E-state index contributed by atoms with van der Waals surface area (Å²) in [6, 6.07) is 1.85. The number of β-amino-alcohol motifs (C(OH)–C–C–N with tert-alkyl or cyclic N) is 1. The van der Waals surface area contributed by atoms with Crippen molar-refractivity contribution in [3.63, 3.8) is 0 Å². The first-order chi connectivity index (χ1) is 8.40. The molecule has 0 saturated carbocycles. The Balaban J connectivity index is 2.26. The number of hydrogen-bond acceptors (Lipinski definition) is 5. The molecule has 2 rings (SSSR count). The number of hydrogen-bond donors (Lipinski definition) is 2. The second-order valence-corrected chi connectivity index (χ2v) is 4.84. The summed E-state index contributed by atoms with van der Waals surface area (Å²) < 4.78 is 0. The average molecular weight is 250 g/mol. The number of nitrogens with zero attached hydrogens (tertiary/aromatic N) is 3. The molecule has 1 aliphatic heterocycles. The minimum atomic E-state index is -1.45. The van der Waals surface area contributed by atoms with Crippen molar-refractivity contribution in [2.75, 3.05) is 18.0 Å². The van der Waals surface area contributed by atoms with Crippen molar-refractivity contribution >= 4 is 11.7 Å². The van der Waals surface area contributed by atoms with E-state index in [4.69, 9.17) is 5.73 Å². The van der Waals surface area contributed by atoms with Gasteiger partial charge in [-0.25, -0.2) is 9.97 Å². The fraction of sp³-hybridized carbons (Fsp3) is 0.583. The topological polar surface area (TPSA) is 92.3 Å². The Hall–Kier alpha value is -1.69. The Labute approximate surface area is 106 Å². The number of carbonyl (C=O) groups is 1. The van der Waals surface area contributed by atoms with Crippen LogP contribution in [0, 0.1) is 13.8 Å². The van der Waals surface area contributed by atoms with Crippen molar-refractivity contribution < 1.29 is 9.90 Å². The highest BCUT2D eigenvalue weighted by Gasteiger charge is 2.39. The summed E-state index contributed by atoms with van der Waals surface area (Å²) in [5.74, 6) is 0.743. The van der Waals surface area contributed by atoms with Crippen molar-refractivity contribution in [2.24, 2.45) is 5.73 Å². The molecule has 98 valence electrons. The third-order valence-corrected chi connectivity index (χ3v) is 3.21. The molecule has 0 aliphatic carbocycles. The van der Waals surface area contributed by atoms with Gasteiger partial charge in [0.1, 0.15) is 11.6 Å². The van der Waals surface area contributed by atoms with E-state index in [2.05, 4.69) is 9.97 Å². The lowest BCUT2D eigenvalue weighted by molar-refractivity contribution is -0.137. The molecule has 6 nitrogen and oxygen atoms in total. The largest absolute Gasteiger partial charge is 0.378 e. The SMILES string of the molecule is Cc1cc(N2CCC[C@@](O)(C(N)=O)C2)nc(C)n1. The van der Waals surface area contributed by atoms with Crippen molar-refractivity contribution in [3.05, 3.63) is 17.6 Å². The van der Waals surface area contributed by atoms with E-state index in [0.717, 1.165) is 18.1 Å². The monoisotopic (exact) mass is 250 g/mol. The number of piperidine rings is 1. The smallest absolute Gasteiger partial charge is 0.251 e. The van der Waals surface area contributed by atoms with Crippen LogP contribution >= 0.6 is 0 Å². The van der Waals surface area contributed by atoms with E-state index in [1.165, 1.54) is 0 Å². The predicted molar refractivity (Wildman–Crippen MR) is 67.1 cm³/mol. The number of aryl methyl sites for hydroxylation is 2. The third-order valence-electron chi connectivity index (χ3n) is 3.21. The molecule has 1 amide bonds. The van der Waals surface area contributed by atoms with Gasteiger partial charge in [0.2, 0.25) is 0 Å². The van der Waals surface area contributed by atoms with Crippen molar-refractivity contribution in [2.45, 2.75) is 32.3 Å². The predicted octanol–water partition coefficient (Wildman–Crippen LogP) is -0.0900. The highest BCUT2D eigenvalue weighted by Crippen LogP contribution is 2.25. The van der Waals surface area contributed by atoms with Crippen LogP contribution in [0.4, 0.5) is 5.82 Å². The molecule has 0 bridgehead atoms. The number of carbonyl (C=O) groups excluding carboxylic acids is 1. The van der Waals surface area contributed by atoms with Crippen LogP contribution in [-0.2, 0) is 4.79 Å². The maximum atomic E-state index is 11.3. The molecule has 2 heterocycles. The number of aliphatic hydroxyl groups is 1. The quantitative estimate of drug-likeness (QED) is 0.765. The van der Waals surface area contributed by atoms with Gasteiger partial charge in [0, 0.05) is 18.3 Å². The summed E-state index contributed by atoms with van der Waals surface area (Å²) in [6.45, 7) is 4.66. The number of amides is 1. The van der Waals surface area contributed by atoms with E-state index >= 15 is 0 Å². The van der Waals surface area contributed by atoms with Gasteiger partial charge in [0.25, 0.3) is 5.91 Å². The molecule has 1 saturated heterocycles. The average Bonchev–Trinajstić information content (AvgIpc) is 2.27. The first kappa shape index (κ1) is 12.8. The van der Waals surface area contributed by atoms with E-state index < -0.39 is 11.5 Å². The van der Waals surface area contributed by atoms with Crippen LogP contribution in [0.25, 0.3) is 0 Å². The van der Waals surface area contributed by atoms with Gasteiger partial charge in [0.05, 0.1) is 6.54 Å². The Kier molecular flexibility index (Phi) is 3.21. The zero-order valence-corrected chi connectivity index (χ0v) is 10.7. The van der Waals surface area contributed by atoms with Crippen molar-refractivity contribution in [1.29, 1.82) is 0 Å². The van der Waals surface area contributed by atoms with Gasteiger partial charge in [-0.15, -0.1) is 0 Å². The third kappa shape index (κ3) is 2.43. The molecule has 6 heteroatoms. The van der Waals surface area contributed by atoms with Crippen LogP contribution in [0.15, 0.2) is 6.07 Å². The van der Waals surface area contributed by atoms with Crippen LogP contribution < -0.4 is 10.6 Å². The van der Waals surface area contributed by atoms with E-state index in [1.54, 1.807) is 0 Å². The summed E-state index contributed by atoms with van der Waals surface area (Å²) in [7, 11) is 0. The van der Waals surface area contributed by atoms with Crippen molar-refractivity contribution in [1.82, 2.24) is 9.97 Å². The number of aromatic nitrogens is 2. The van der Waals surface area contributed by atoms with Gasteiger partial charge in [0.15, 0.2) is 5.60 Å². The molecule has 3 N–H and O–H groups in total. The fourth-order valence-corrected chi connectivity index (χ4v) is 2.29. The molecule has 18 heavy (non-hydrogen) atoms. The maximum absolute atomic E-state index is 11.3. The van der Waals surface area contributed by atoms with E-state index in [0.29, 0.717) is 18.7 Å². The number of nitrogens with two attached hydrogens (primary N) is 1. The Morgan fingerprint density at radius 2 is 2.22 bits per heavy atom. The van der Waals surface area contributed by atoms with Gasteiger partial charge < -0.3 is 15.7 Å². The number of primary amides is 1. The molecule has 1 fully saturated rings. The first-order valence-corrected chi connectivity index (χ1v) is 6.00. The van der Waals surface area contributed by atoms with Gasteiger partial charge in [-0.1, -0.05) is 0 Å². The molecule has 1 atom stereocenters. The summed E-state index contributed by atoms with van der Waals surface area (Å²) in [4.78, 5) is 21.7. The molecule has 0 radical (unpaired) electrons. The second kappa shape index (κ2) is 4.53. The van der Waals surface area contributed by atoms with E-state index in [-0.39, 0.29) is 6.54 Å². The van der Waals surface area contributed by atoms with E-state index in [9.17, 15) is 9.90 Å². The van der Waals surface area contributed by atoms with Gasteiger partial charge in [-0.3, -0.25) is 4.79 Å².